The Bertz CT molecular complexity index is 1360. The van der Waals surface area contributed by atoms with Crippen LogP contribution in [0.15, 0.2) is 60.7 Å². The second-order valence-corrected chi connectivity index (χ2v) is 8.87. The van der Waals surface area contributed by atoms with Gasteiger partial charge in [0.05, 0.1) is 16.6 Å². The molecule has 0 fully saturated rings. The lowest BCUT2D eigenvalue weighted by Crippen LogP contribution is -2.20. The van der Waals surface area contributed by atoms with E-state index in [0.29, 0.717) is 17.1 Å². The Hall–Kier alpha value is -3.64. The third-order valence-corrected chi connectivity index (χ3v) is 5.81. The first-order valence-corrected chi connectivity index (χ1v) is 11.4. The average molecular weight is 548 g/mol. The number of fused-ring (bicyclic) bond motifs is 1. The SMILES string of the molecule is Cc1cc2nc(/C(C#N)=C/c3ccc(OCC(=O)Nc4cccc(I)c4)cc3)[nH]c2cc1C. The predicted octanol–water partition coefficient (Wildman–Crippen LogP) is 5.87. The molecule has 0 aliphatic heterocycles. The molecule has 0 unspecified atom stereocenters. The lowest BCUT2D eigenvalue weighted by atomic mass is 10.1. The van der Waals surface area contributed by atoms with Crippen LogP contribution in [0.2, 0.25) is 0 Å². The number of nitrogens with one attached hydrogen (secondary N) is 2. The minimum Gasteiger partial charge on any atom is -0.484 e. The number of carbonyl (C=O) groups excluding carboxylic acids is 1. The number of nitriles is 1. The van der Waals surface area contributed by atoms with Crippen molar-refractivity contribution in [3.63, 3.8) is 0 Å². The van der Waals surface area contributed by atoms with E-state index >= 15 is 0 Å². The van der Waals surface area contributed by atoms with Crippen LogP contribution in [0.3, 0.4) is 0 Å². The van der Waals surface area contributed by atoms with Crippen LogP contribution < -0.4 is 10.1 Å². The molecule has 164 valence electrons. The molecule has 3 aromatic carbocycles. The second-order valence-electron chi connectivity index (χ2n) is 7.63. The van der Waals surface area contributed by atoms with Crippen LogP contribution in [0.4, 0.5) is 5.69 Å². The molecule has 1 amide bonds. The molecule has 4 rings (SSSR count). The van der Waals surface area contributed by atoms with Crippen molar-refractivity contribution in [3.05, 3.63) is 86.7 Å². The maximum Gasteiger partial charge on any atom is 0.262 e. The normalized spacial score (nSPS) is 11.3. The lowest BCUT2D eigenvalue weighted by molar-refractivity contribution is -0.118. The Morgan fingerprint density at radius 3 is 2.64 bits per heavy atom. The summed E-state index contributed by atoms with van der Waals surface area (Å²) in [6.07, 6.45) is 1.77. The van der Waals surface area contributed by atoms with E-state index in [1.807, 2.05) is 62.4 Å². The van der Waals surface area contributed by atoms with E-state index in [4.69, 9.17) is 4.74 Å². The number of rotatable bonds is 6. The third kappa shape index (κ3) is 5.59. The largest absolute Gasteiger partial charge is 0.484 e. The monoisotopic (exact) mass is 548 g/mol. The second kappa shape index (κ2) is 9.88. The fourth-order valence-corrected chi connectivity index (χ4v) is 3.83. The molecule has 0 saturated heterocycles. The topological polar surface area (TPSA) is 90.8 Å². The van der Waals surface area contributed by atoms with Gasteiger partial charge in [0.25, 0.3) is 5.91 Å². The Morgan fingerprint density at radius 1 is 1.15 bits per heavy atom. The number of allylic oxidation sites excluding steroid dienone is 1. The summed E-state index contributed by atoms with van der Waals surface area (Å²) in [6, 6.07) is 21.0. The number of hydrogen-bond donors (Lipinski definition) is 2. The summed E-state index contributed by atoms with van der Waals surface area (Å²) >= 11 is 2.19. The summed E-state index contributed by atoms with van der Waals surface area (Å²) in [5, 5.41) is 12.5. The van der Waals surface area contributed by atoms with Crippen molar-refractivity contribution >= 4 is 56.9 Å². The zero-order chi connectivity index (χ0) is 23.4. The number of aryl methyl sites for hydroxylation is 2. The van der Waals surface area contributed by atoms with Crippen LogP contribution >= 0.6 is 22.6 Å². The van der Waals surface area contributed by atoms with Crippen LogP contribution in [-0.4, -0.2) is 22.5 Å². The highest BCUT2D eigenvalue weighted by Crippen LogP contribution is 2.23. The molecule has 0 spiro atoms. The number of carbonyl (C=O) groups is 1. The molecule has 33 heavy (non-hydrogen) atoms. The zero-order valence-electron chi connectivity index (χ0n) is 18.1. The number of imidazole rings is 1. The molecule has 6 nitrogen and oxygen atoms in total. The summed E-state index contributed by atoms with van der Waals surface area (Å²) in [6.45, 7) is 3.99. The molecule has 0 bridgehead atoms. The van der Waals surface area contributed by atoms with E-state index in [2.05, 4.69) is 43.9 Å². The highest BCUT2D eigenvalue weighted by atomic mass is 127. The van der Waals surface area contributed by atoms with Gasteiger partial charge >= 0.3 is 0 Å². The minimum absolute atomic E-state index is 0.0953. The highest BCUT2D eigenvalue weighted by molar-refractivity contribution is 14.1. The number of benzene rings is 3. The van der Waals surface area contributed by atoms with Gasteiger partial charge in [-0.2, -0.15) is 5.26 Å². The molecule has 0 saturated carbocycles. The maximum atomic E-state index is 12.1. The summed E-state index contributed by atoms with van der Waals surface area (Å²) < 4.78 is 6.63. The number of halogens is 1. The summed E-state index contributed by atoms with van der Waals surface area (Å²) in [5.41, 5.74) is 6.06. The fraction of sp³-hybridized carbons (Fsp3) is 0.115. The molecule has 1 aromatic heterocycles. The van der Waals surface area contributed by atoms with Gasteiger partial charge < -0.3 is 15.0 Å². The fourth-order valence-electron chi connectivity index (χ4n) is 3.29. The van der Waals surface area contributed by atoms with Crippen molar-refractivity contribution in [2.24, 2.45) is 0 Å². The Balaban J connectivity index is 1.42. The molecule has 4 aromatic rings. The number of anilines is 1. The lowest BCUT2D eigenvalue weighted by Gasteiger charge is -2.08. The first kappa shape index (κ1) is 22.6. The molecular weight excluding hydrogens is 527 g/mol. The zero-order valence-corrected chi connectivity index (χ0v) is 20.3. The Kier molecular flexibility index (Phi) is 6.75. The predicted molar refractivity (Wildman–Crippen MR) is 139 cm³/mol. The standard InChI is InChI=1S/C26H21IN4O2/c1-16-10-23-24(11-17(16)2)31-26(30-23)19(14-28)12-18-6-8-22(9-7-18)33-15-25(32)29-21-5-3-4-20(27)13-21/h3-13H,15H2,1-2H3,(H,29,32)(H,30,31)/b19-12+. The first-order chi connectivity index (χ1) is 15.9. The van der Waals surface area contributed by atoms with E-state index in [9.17, 15) is 10.1 Å². The quantitative estimate of drug-likeness (QED) is 0.233. The number of amides is 1. The van der Waals surface area contributed by atoms with Crippen molar-refractivity contribution in [1.29, 1.82) is 5.26 Å². The highest BCUT2D eigenvalue weighted by Gasteiger charge is 2.10. The summed E-state index contributed by atoms with van der Waals surface area (Å²) in [7, 11) is 0. The van der Waals surface area contributed by atoms with E-state index in [-0.39, 0.29) is 12.5 Å². The van der Waals surface area contributed by atoms with Crippen molar-refractivity contribution in [1.82, 2.24) is 9.97 Å². The van der Waals surface area contributed by atoms with Gasteiger partial charge in [0, 0.05) is 9.26 Å². The molecule has 7 heteroatoms. The molecular formula is C26H21IN4O2. The number of ether oxygens (including phenoxy) is 1. The Labute approximate surface area is 205 Å². The number of hydrogen-bond acceptors (Lipinski definition) is 4. The smallest absolute Gasteiger partial charge is 0.262 e. The van der Waals surface area contributed by atoms with Gasteiger partial charge in [-0.15, -0.1) is 0 Å². The number of aromatic nitrogens is 2. The van der Waals surface area contributed by atoms with Gasteiger partial charge in [-0.1, -0.05) is 18.2 Å². The van der Waals surface area contributed by atoms with Crippen molar-refractivity contribution in [3.8, 4) is 11.8 Å². The minimum atomic E-state index is -0.233. The van der Waals surface area contributed by atoms with Gasteiger partial charge in [-0.05, 0) is 102 Å². The van der Waals surface area contributed by atoms with Crippen molar-refractivity contribution < 1.29 is 9.53 Å². The van der Waals surface area contributed by atoms with E-state index in [1.54, 1.807) is 18.2 Å². The number of aromatic amines is 1. The van der Waals surface area contributed by atoms with Crippen LogP contribution in [0.5, 0.6) is 5.75 Å². The van der Waals surface area contributed by atoms with Crippen LogP contribution in [0.25, 0.3) is 22.7 Å². The third-order valence-electron chi connectivity index (χ3n) is 5.14. The molecule has 0 aliphatic carbocycles. The van der Waals surface area contributed by atoms with Gasteiger partial charge in [-0.25, -0.2) is 4.98 Å². The summed E-state index contributed by atoms with van der Waals surface area (Å²) in [5.74, 6) is 0.867. The number of H-pyrrole nitrogens is 1. The van der Waals surface area contributed by atoms with E-state index in [0.717, 1.165) is 31.4 Å². The van der Waals surface area contributed by atoms with E-state index in [1.165, 1.54) is 5.56 Å². The average Bonchev–Trinajstić information content (AvgIpc) is 3.19. The molecule has 1 heterocycles. The summed E-state index contributed by atoms with van der Waals surface area (Å²) in [4.78, 5) is 19.9. The van der Waals surface area contributed by atoms with Gasteiger partial charge in [0.2, 0.25) is 0 Å². The molecule has 2 N–H and O–H groups in total. The van der Waals surface area contributed by atoms with Crippen LogP contribution in [0.1, 0.15) is 22.5 Å². The Morgan fingerprint density at radius 2 is 1.91 bits per heavy atom. The van der Waals surface area contributed by atoms with E-state index < -0.39 is 0 Å². The van der Waals surface area contributed by atoms with Gasteiger partial charge in [0.15, 0.2) is 6.61 Å². The van der Waals surface area contributed by atoms with Crippen LogP contribution in [-0.2, 0) is 4.79 Å². The van der Waals surface area contributed by atoms with Crippen molar-refractivity contribution in [2.45, 2.75) is 13.8 Å². The van der Waals surface area contributed by atoms with Gasteiger partial charge in [0.1, 0.15) is 17.6 Å². The van der Waals surface area contributed by atoms with Crippen molar-refractivity contribution in [2.75, 3.05) is 11.9 Å². The molecule has 0 radical (unpaired) electrons. The molecule has 0 atom stereocenters. The maximum absolute atomic E-state index is 12.1. The first-order valence-electron chi connectivity index (χ1n) is 10.3. The van der Waals surface area contributed by atoms with Gasteiger partial charge in [-0.3, -0.25) is 4.79 Å². The number of nitrogens with zero attached hydrogens (tertiary/aromatic N) is 2. The molecule has 0 aliphatic rings. The van der Waals surface area contributed by atoms with Crippen LogP contribution in [0, 0.1) is 28.7 Å².